The van der Waals surface area contributed by atoms with Crippen molar-refractivity contribution in [1.82, 2.24) is 14.8 Å². The quantitative estimate of drug-likeness (QED) is 0.411. The second kappa shape index (κ2) is 9.96. The van der Waals surface area contributed by atoms with Crippen LogP contribution >= 0.6 is 0 Å². The molecule has 1 saturated carbocycles. The van der Waals surface area contributed by atoms with Gasteiger partial charge in [-0.25, -0.2) is 4.98 Å². The Morgan fingerprint density at radius 1 is 1.25 bits per heavy atom. The van der Waals surface area contributed by atoms with Crippen LogP contribution in [-0.2, 0) is 14.3 Å². The van der Waals surface area contributed by atoms with Crippen LogP contribution in [0.5, 0.6) is 5.75 Å². The predicted molar refractivity (Wildman–Crippen MR) is 132 cm³/mol. The zero-order chi connectivity index (χ0) is 27.7. The summed E-state index contributed by atoms with van der Waals surface area (Å²) in [7, 11) is -1.03. The number of methoxy groups -OCH3 is 2. The van der Waals surface area contributed by atoms with E-state index in [1.54, 1.807) is 35.3 Å². The van der Waals surface area contributed by atoms with E-state index in [9.17, 15) is 9.59 Å². The molecule has 1 saturated heterocycles. The van der Waals surface area contributed by atoms with Gasteiger partial charge in [0.25, 0.3) is 5.91 Å². The summed E-state index contributed by atoms with van der Waals surface area (Å²) < 4.78 is 40.3. The number of primary amides is 1. The number of para-hydroxylation sites is 1. The standard InChI is InChI=1S/C25H28N6O5/c1-34-21-13-36-12-20(21)31-11-15(9-28-31)16-4-3-5-18(23(16)35-2)29-19-8-22(27-10-17(19)24(26)32)30-25(33)14-6-7-14/h3-5,8-11,14,20-21H,6-7,12-13H2,1-2H3,(H2,26,32)(H2,27,29,30,33)/i1D3. The van der Waals surface area contributed by atoms with Crippen LogP contribution in [0.25, 0.3) is 11.1 Å². The van der Waals surface area contributed by atoms with Gasteiger partial charge in [-0.2, -0.15) is 5.10 Å². The summed E-state index contributed by atoms with van der Waals surface area (Å²) in [6, 6.07) is 6.56. The molecule has 1 aliphatic heterocycles. The molecule has 2 atom stereocenters. The number of benzene rings is 1. The second-order valence-corrected chi connectivity index (χ2v) is 8.72. The summed E-state index contributed by atoms with van der Waals surface area (Å²) in [6.07, 6.45) is 5.74. The first-order valence-electron chi connectivity index (χ1n) is 13.0. The summed E-state index contributed by atoms with van der Waals surface area (Å²) in [5, 5.41) is 10.4. The largest absolute Gasteiger partial charge is 0.494 e. The molecule has 11 nitrogen and oxygen atoms in total. The van der Waals surface area contributed by atoms with E-state index in [4.69, 9.17) is 24.1 Å². The Labute approximate surface area is 212 Å². The predicted octanol–water partition coefficient (Wildman–Crippen LogP) is 2.73. The number of nitrogens with two attached hydrogens (primary N) is 1. The zero-order valence-corrected chi connectivity index (χ0v) is 19.6. The molecule has 4 N–H and O–H groups in total. The highest BCUT2D eigenvalue weighted by Gasteiger charge is 2.31. The van der Waals surface area contributed by atoms with Crippen molar-refractivity contribution in [1.29, 1.82) is 0 Å². The number of rotatable bonds is 9. The number of anilines is 3. The van der Waals surface area contributed by atoms with Gasteiger partial charge in [0, 0.05) is 42.5 Å². The number of ether oxygens (including phenoxy) is 3. The van der Waals surface area contributed by atoms with Crippen LogP contribution in [-0.4, -0.2) is 60.0 Å². The average Bonchev–Trinajstić information content (AvgIpc) is 3.46. The molecular formula is C25H28N6O5. The molecule has 3 heterocycles. The Morgan fingerprint density at radius 2 is 2.11 bits per heavy atom. The summed E-state index contributed by atoms with van der Waals surface area (Å²) in [6.45, 7) is 0.413. The van der Waals surface area contributed by atoms with Crippen molar-refractivity contribution in [3.63, 3.8) is 0 Å². The second-order valence-electron chi connectivity index (χ2n) is 8.72. The normalized spacial score (nSPS) is 20.8. The van der Waals surface area contributed by atoms with E-state index in [-0.39, 0.29) is 30.6 Å². The summed E-state index contributed by atoms with van der Waals surface area (Å²) in [5.41, 5.74) is 8.00. The lowest BCUT2D eigenvalue weighted by Gasteiger charge is -2.17. The number of pyridine rings is 1. The number of nitrogens with zero attached hydrogens (tertiary/aromatic N) is 3. The van der Waals surface area contributed by atoms with Crippen molar-refractivity contribution in [3.8, 4) is 16.9 Å². The Bertz CT molecular complexity index is 1390. The van der Waals surface area contributed by atoms with Crippen molar-refractivity contribution in [3.05, 3.63) is 48.4 Å². The number of carbonyl (C=O) groups excluding carboxylic acids is 2. The highest BCUT2D eigenvalue weighted by molar-refractivity contribution is 6.01. The Morgan fingerprint density at radius 3 is 2.86 bits per heavy atom. The number of carbonyl (C=O) groups is 2. The molecule has 0 radical (unpaired) electrons. The lowest BCUT2D eigenvalue weighted by molar-refractivity contribution is -0.117. The van der Waals surface area contributed by atoms with Gasteiger partial charge in [-0.3, -0.25) is 14.3 Å². The Hall–Kier alpha value is -3.96. The van der Waals surface area contributed by atoms with E-state index >= 15 is 0 Å². The summed E-state index contributed by atoms with van der Waals surface area (Å²) in [4.78, 5) is 28.5. The van der Waals surface area contributed by atoms with Crippen LogP contribution in [0.1, 0.15) is 33.4 Å². The number of hydrogen-bond acceptors (Lipinski definition) is 8. The average molecular weight is 496 g/mol. The maximum absolute atomic E-state index is 12.2. The molecular weight excluding hydrogens is 464 g/mol. The highest BCUT2D eigenvalue weighted by Crippen LogP contribution is 2.39. The molecule has 0 spiro atoms. The van der Waals surface area contributed by atoms with E-state index < -0.39 is 25.1 Å². The first-order valence-corrected chi connectivity index (χ1v) is 11.5. The first kappa shape index (κ1) is 20.3. The lowest BCUT2D eigenvalue weighted by Crippen LogP contribution is -2.24. The third-order valence-corrected chi connectivity index (χ3v) is 6.26. The smallest absolute Gasteiger partial charge is 0.252 e. The van der Waals surface area contributed by atoms with Crippen LogP contribution < -0.4 is 21.1 Å². The van der Waals surface area contributed by atoms with Gasteiger partial charge in [-0.15, -0.1) is 0 Å². The molecule has 1 aromatic carbocycles. The van der Waals surface area contributed by atoms with E-state index in [0.29, 0.717) is 34.1 Å². The number of nitrogens with one attached hydrogen (secondary N) is 2. The molecule has 3 aromatic rings. The number of hydrogen-bond donors (Lipinski definition) is 3. The molecule has 2 fully saturated rings. The van der Waals surface area contributed by atoms with Crippen molar-refractivity contribution in [2.24, 2.45) is 11.7 Å². The number of aromatic nitrogens is 3. The minimum Gasteiger partial charge on any atom is -0.494 e. The van der Waals surface area contributed by atoms with Crippen LogP contribution in [0.4, 0.5) is 17.2 Å². The summed E-state index contributed by atoms with van der Waals surface area (Å²) >= 11 is 0. The molecule has 0 bridgehead atoms. The van der Waals surface area contributed by atoms with E-state index in [1.807, 2.05) is 6.07 Å². The molecule has 5 rings (SSSR count). The van der Waals surface area contributed by atoms with Gasteiger partial charge in [0.05, 0.1) is 47.6 Å². The third-order valence-electron chi connectivity index (χ3n) is 6.26. The third kappa shape index (κ3) is 4.75. The van der Waals surface area contributed by atoms with Gasteiger partial charge in [0.1, 0.15) is 23.7 Å². The molecule has 1 aliphatic carbocycles. The molecule has 2 aliphatic rings. The van der Waals surface area contributed by atoms with E-state index in [0.717, 1.165) is 12.8 Å². The van der Waals surface area contributed by atoms with Crippen molar-refractivity contribution < 1.29 is 27.9 Å². The van der Waals surface area contributed by atoms with Gasteiger partial charge in [0.2, 0.25) is 5.91 Å². The van der Waals surface area contributed by atoms with Gasteiger partial charge in [-0.1, -0.05) is 12.1 Å². The minimum atomic E-state index is -2.55. The van der Waals surface area contributed by atoms with Crippen LogP contribution in [0.15, 0.2) is 42.9 Å². The zero-order valence-electron chi connectivity index (χ0n) is 22.6. The molecule has 2 amide bonds. The van der Waals surface area contributed by atoms with Gasteiger partial charge in [-0.05, 0) is 18.9 Å². The van der Waals surface area contributed by atoms with Gasteiger partial charge < -0.3 is 30.6 Å². The topological polar surface area (TPSA) is 143 Å². The van der Waals surface area contributed by atoms with Crippen molar-refractivity contribution >= 4 is 29.0 Å². The minimum absolute atomic E-state index is 0.0113. The van der Waals surface area contributed by atoms with Crippen molar-refractivity contribution in [2.75, 3.05) is 38.0 Å². The highest BCUT2D eigenvalue weighted by atomic mass is 16.5. The SMILES string of the molecule is [2H]C([2H])([2H])OC1COCC1n1cc(-c2cccc(Nc3cc(NC(=O)C4CC4)ncc3C(N)=O)c2OC)cn1. The molecule has 36 heavy (non-hydrogen) atoms. The Balaban J connectivity index is 1.43. The monoisotopic (exact) mass is 495 g/mol. The van der Waals surface area contributed by atoms with Crippen LogP contribution in [0, 0.1) is 5.92 Å². The van der Waals surface area contributed by atoms with E-state index in [1.165, 1.54) is 13.3 Å². The maximum Gasteiger partial charge on any atom is 0.252 e. The van der Waals surface area contributed by atoms with E-state index in [2.05, 4.69) is 20.7 Å². The van der Waals surface area contributed by atoms with Gasteiger partial charge in [0.15, 0.2) is 0 Å². The molecule has 2 aromatic heterocycles. The molecule has 188 valence electrons. The van der Waals surface area contributed by atoms with Crippen LogP contribution in [0.2, 0.25) is 0 Å². The maximum atomic E-state index is 12.2. The Kier molecular flexibility index (Phi) is 5.60. The van der Waals surface area contributed by atoms with Gasteiger partial charge >= 0.3 is 0 Å². The van der Waals surface area contributed by atoms with Crippen molar-refractivity contribution in [2.45, 2.75) is 25.0 Å². The lowest BCUT2D eigenvalue weighted by atomic mass is 10.1. The molecule has 11 heteroatoms. The number of amides is 2. The first-order chi connectivity index (χ1) is 18.6. The fraction of sp³-hybridized carbons (Fsp3) is 0.360. The fourth-order valence-corrected chi connectivity index (χ4v) is 4.17. The summed E-state index contributed by atoms with van der Waals surface area (Å²) in [5.74, 6) is -0.0536. The van der Waals surface area contributed by atoms with Crippen LogP contribution in [0.3, 0.4) is 0 Å². The molecule has 2 unspecified atom stereocenters. The fourth-order valence-electron chi connectivity index (χ4n) is 4.17.